The summed E-state index contributed by atoms with van der Waals surface area (Å²) < 4.78 is 27.5. The lowest BCUT2D eigenvalue weighted by Crippen LogP contribution is -2.50. The Morgan fingerprint density at radius 1 is 1.00 bits per heavy atom. The summed E-state index contributed by atoms with van der Waals surface area (Å²) in [6.45, 7) is 0.623. The van der Waals surface area contributed by atoms with Crippen molar-refractivity contribution in [3.63, 3.8) is 0 Å². The lowest BCUT2D eigenvalue weighted by molar-refractivity contribution is -0.0486. The summed E-state index contributed by atoms with van der Waals surface area (Å²) in [5.74, 6) is 2.56. The van der Waals surface area contributed by atoms with Gasteiger partial charge in [-0.2, -0.15) is 0 Å². The van der Waals surface area contributed by atoms with E-state index in [0.29, 0.717) is 6.54 Å². The smallest absolute Gasteiger partial charge is 0.211 e. The summed E-state index contributed by atoms with van der Waals surface area (Å²) >= 11 is 0. The van der Waals surface area contributed by atoms with E-state index in [9.17, 15) is 8.42 Å². The zero-order valence-corrected chi connectivity index (χ0v) is 14.3. The highest BCUT2D eigenvalue weighted by Gasteiger charge is 2.50. The van der Waals surface area contributed by atoms with Crippen LogP contribution in [0.2, 0.25) is 0 Å². The van der Waals surface area contributed by atoms with Crippen molar-refractivity contribution < 1.29 is 8.42 Å². The first kappa shape index (κ1) is 15.4. The van der Waals surface area contributed by atoms with E-state index in [1.807, 2.05) is 30.3 Å². The Labute approximate surface area is 139 Å². The third-order valence-electron chi connectivity index (χ3n) is 6.05. The summed E-state index contributed by atoms with van der Waals surface area (Å²) in [5, 5.41) is 1.31. The van der Waals surface area contributed by atoms with Crippen LogP contribution in [0.5, 0.6) is 0 Å². The van der Waals surface area contributed by atoms with Crippen LogP contribution in [0, 0.1) is 23.2 Å². The largest absolute Gasteiger partial charge is 0.233 e. The van der Waals surface area contributed by atoms with Crippen LogP contribution >= 0.6 is 0 Å². The molecule has 124 valence electrons. The molecule has 5 rings (SSSR count). The highest BCUT2D eigenvalue weighted by molar-refractivity contribution is 7.92. The molecular weight excluding hydrogens is 306 g/mol. The molecule has 0 saturated heterocycles. The molecule has 3 nitrogen and oxygen atoms in total. The molecule has 0 radical (unpaired) electrons. The molecule has 23 heavy (non-hydrogen) atoms. The van der Waals surface area contributed by atoms with Crippen molar-refractivity contribution in [1.82, 2.24) is 4.72 Å². The van der Waals surface area contributed by atoms with Crippen LogP contribution in [0.4, 0.5) is 0 Å². The van der Waals surface area contributed by atoms with Gasteiger partial charge in [0.2, 0.25) is 10.0 Å². The molecule has 4 heteroatoms. The Morgan fingerprint density at radius 2 is 1.57 bits per heavy atom. The van der Waals surface area contributed by atoms with Gasteiger partial charge in [0.15, 0.2) is 0 Å². The van der Waals surface area contributed by atoms with Gasteiger partial charge in [0, 0.05) is 12.0 Å². The highest BCUT2D eigenvalue weighted by Crippen LogP contribution is 2.59. The predicted octanol–water partition coefficient (Wildman–Crippen LogP) is 3.79. The van der Waals surface area contributed by atoms with Gasteiger partial charge >= 0.3 is 0 Å². The molecule has 0 spiro atoms. The second kappa shape index (κ2) is 5.75. The summed E-state index contributed by atoms with van der Waals surface area (Å²) in [6.07, 6.45) is 9.51. The first-order valence-corrected chi connectivity index (χ1v) is 10.3. The van der Waals surface area contributed by atoms with Crippen LogP contribution in [0.1, 0.15) is 44.1 Å². The van der Waals surface area contributed by atoms with Crippen LogP contribution in [0.3, 0.4) is 0 Å². The standard InChI is InChI=1S/C19H25NO2S/c21-23(22,7-6-15-4-2-1-3-5-15)20-14-19-11-16-8-17(12-19)10-18(9-16)13-19/h1-7,16-18,20H,8-14H2/b7-6+. The van der Waals surface area contributed by atoms with Gasteiger partial charge in [-0.15, -0.1) is 0 Å². The first-order valence-electron chi connectivity index (χ1n) is 8.75. The molecule has 0 heterocycles. The fourth-order valence-corrected chi connectivity index (χ4v) is 6.48. The maximum Gasteiger partial charge on any atom is 0.233 e. The van der Waals surface area contributed by atoms with Gasteiger partial charge in [0.1, 0.15) is 0 Å². The molecule has 1 N–H and O–H groups in total. The van der Waals surface area contributed by atoms with Crippen molar-refractivity contribution in [3.8, 4) is 0 Å². The SMILES string of the molecule is O=S(=O)(/C=C/c1ccccc1)NCC12CC3CC(CC(C3)C1)C2. The fraction of sp³-hybridized carbons (Fsp3) is 0.579. The highest BCUT2D eigenvalue weighted by atomic mass is 32.2. The molecule has 1 aromatic rings. The number of sulfonamides is 1. The molecular formula is C19H25NO2S. The van der Waals surface area contributed by atoms with Crippen LogP contribution in [-0.2, 0) is 10.0 Å². The van der Waals surface area contributed by atoms with Gasteiger partial charge in [-0.25, -0.2) is 13.1 Å². The van der Waals surface area contributed by atoms with Crippen LogP contribution in [0.25, 0.3) is 6.08 Å². The average molecular weight is 331 g/mol. The molecule has 4 aliphatic rings. The Bertz CT molecular complexity index is 658. The minimum absolute atomic E-state index is 0.238. The first-order chi connectivity index (χ1) is 11.0. The molecule has 0 aromatic heterocycles. The van der Waals surface area contributed by atoms with Gasteiger partial charge in [-0.3, -0.25) is 0 Å². The fourth-order valence-electron chi connectivity index (χ4n) is 5.54. The van der Waals surface area contributed by atoms with E-state index in [-0.39, 0.29) is 5.41 Å². The number of benzene rings is 1. The Hall–Kier alpha value is -1.13. The summed E-state index contributed by atoms with van der Waals surface area (Å²) in [4.78, 5) is 0. The second-order valence-electron chi connectivity index (χ2n) is 8.00. The molecule has 0 amide bonds. The second-order valence-corrected chi connectivity index (χ2v) is 9.65. The minimum atomic E-state index is -3.35. The van der Waals surface area contributed by atoms with Crippen LogP contribution in [-0.4, -0.2) is 15.0 Å². The lowest BCUT2D eigenvalue weighted by Gasteiger charge is -2.56. The van der Waals surface area contributed by atoms with E-state index in [1.165, 1.54) is 43.9 Å². The van der Waals surface area contributed by atoms with Crippen LogP contribution < -0.4 is 4.72 Å². The zero-order chi connectivity index (χ0) is 15.9. The number of hydrogen-bond acceptors (Lipinski definition) is 2. The normalized spacial score (nSPS) is 35.9. The maximum atomic E-state index is 12.3. The van der Waals surface area contributed by atoms with E-state index in [0.717, 1.165) is 23.3 Å². The Kier molecular flexibility index (Phi) is 3.85. The van der Waals surface area contributed by atoms with E-state index >= 15 is 0 Å². The molecule has 4 fully saturated rings. The molecule has 0 atom stereocenters. The number of hydrogen-bond donors (Lipinski definition) is 1. The molecule has 1 aromatic carbocycles. The number of nitrogens with one attached hydrogen (secondary N) is 1. The predicted molar refractivity (Wildman–Crippen MR) is 93.0 cm³/mol. The van der Waals surface area contributed by atoms with Gasteiger partial charge in [0.25, 0.3) is 0 Å². The quantitative estimate of drug-likeness (QED) is 0.892. The third-order valence-corrected chi connectivity index (χ3v) is 7.09. The van der Waals surface area contributed by atoms with E-state index in [1.54, 1.807) is 6.08 Å². The van der Waals surface area contributed by atoms with E-state index in [4.69, 9.17) is 0 Å². The van der Waals surface area contributed by atoms with Gasteiger partial charge in [0.05, 0.1) is 0 Å². The molecule has 0 unspecified atom stereocenters. The van der Waals surface area contributed by atoms with Crippen molar-refractivity contribution >= 4 is 16.1 Å². The average Bonchev–Trinajstić information content (AvgIpc) is 2.51. The van der Waals surface area contributed by atoms with Crippen molar-refractivity contribution in [2.45, 2.75) is 38.5 Å². The number of rotatable bonds is 5. The van der Waals surface area contributed by atoms with E-state index in [2.05, 4.69) is 4.72 Å². The van der Waals surface area contributed by atoms with Gasteiger partial charge in [-0.1, -0.05) is 30.3 Å². The van der Waals surface area contributed by atoms with Crippen LogP contribution in [0.15, 0.2) is 35.7 Å². The van der Waals surface area contributed by atoms with Gasteiger partial charge in [-0.05, 0) is 73.3 Å². The van der Waals surface area contributed by atoms with E-state index < -0.39 is 10.0 Å². The lowest BCUT2D eigenvalue weighted by atomic mass is 9.50. The minimum Gasteiger partial charge on any atom is -0.211 e. The summed E-state index contributed by atoms with van der Waals surface area (Å²) in [5.41, 5.74) is 1.15. The third kappa shape index (κ3) is 3.38. The maximum absolute atomic E-state index is 12.3. The Balaban J connectivity index is 1.41. The summed E-state index contributed by atoms with van der Waals surface area (Å²) in [7, 11) is -3.35. The monoisotopic (exact) mass is 331 g/mol. The molecule has 0 aliphatic heterocycles. The molecule has 4 aliphatic carbocycles. The van der Waals surface area contributed by atoms with Crippen molar-refractivity contribution in [3.05, 3.63) is 41.3 Å². The van der Waals surface area contributed by atoms with Crippen molar-refractivity contribution in [1.29, 1.82) is 0 Å². The van der Waals surface area contributed by atoms with Crippen molar-refractivity contribution in [2.24, 2.45) is 23.2 Å². The molecule has 4 saturated carbocycles. The van der Waals surface area contributed by atoms with Gasteiger partial charge < -0.3 is 0 Å². The Morgan fingerprint density at radius 3 is 2.13 bits per heavy atom. The zero-order valence-electron chi connectivity index (χ0n) is 13.4. The topological polar surface area (TPSA) is 46.2 Å². The van der Waals surface area contributed by atoms with Crippen molar-refractivity contribution in [2.75, 3.05) is 6.54 Å². The summed E-state index contributed by atoms with van der Waals surface area (Å²) in [6, 6.07) is 9.57. The molecule has 4 bridgehead atoms.